The topological polar surface area (TPSA) is 107 Å². The van der Waals surface area contributed by atoms with Gasteiger partial charge in [0, 0.05) is 18.5 Å². The van der Waals surface area contributed by atoms with E-state index < -0.39 is 21.8 Å². The van der Waals surface area contributed by atoms with Crippen molar-refractivity contribution in [2.24, 2.45) is 11.8 Å². The molecule has 1 unspecified atom stereocenters. The lowest BCUT2D eigenvalue weighted by Gasteiger charge is -2.23. The summed E-state index contributed by atoms with van der Waals surface area (Å²) in [5, 5.41) is 0.362. The first kappa shape index (κ1) is 36.8. The zero-order chi connectivity index (χ0) is 35.0. The Kier molecular flexibility index (Phi) is 12.8. The van der Waals surface area contributed by atoms with Crippen LogP contribution < -0.4 is 4.72 Å². The minimum Gasteiger partial charge on any atom is -0.466 e. The fourth-order valence-corrected chi connectivity index (χ4v) is 8.69. The first-order chi connectivity index (χ1) is 23.6. The van der Waals surface area contributed by atoms with Gasteiger partial charge in [0.15, 0.2) is 5.15 Å². The fourth-order valence-electron chi connectivity index (χ4n) is 7.43. The second kappa shape index (κ2) is 17.0. The number of unbranched alkanes of at least 4 members (excludes halogenated alkanes) is 1. The molecule has 0 aliphatic heterocycles. The van der Waals surface area contributed by atoms with E-state index >= 15 is 0 Å². The molecule has 2 aliphatic rings. The van der Waals surface area contributed by atoms with Gasteiger partial charge in [0.2, 0.25) is 5.91 Å². The molecule has 0 bridgehead atoms. The number of sulfonamides is 1. The number of imidazole rings is 1. The van der Waals surface area contributed by atoms with Gasteiger partial charge in [-0.15, -0.1) is 0 Å². The van der Waals surface area contributed by atoms with Crippen molar-refractivity contribution in [3.63, 3.8) is 0 Å². The lowest BCUT2D eigenvalue weighted by Crippen LogP contribution is -2.37. The highest BCUT2D eigenvalue weighted by molar-refractivity contribution is 7.90. The summed E-state index contributed by atoms with van der Waals surface area (Å²) >= 11 is 6.79. The van der Waals surface area contributed by atoms with Crippen molar-refractivity contribution in [1.29, 1.82) is 0 Å². The summed E-state index contributed by atoms with van der Waals surface area (Å²) in [5.41, 5.74) is 4.02. The highest BCUT2D eigenvalue weighted by Gasteiger charge is 2.34. The van der Waals surface area contributed by atoms with Crippen LogP contribution in [0.2, 0.25) is 5.15 Å². The number of halogens is 1. The number of esters is 1. The Bertz CT molecular complexity index is 1720. The molecule has 1 amide bonds. The lowest BCUT2D eigenvalue weighted by atomic mass is 9.84. The van der Waals surface area contributed by atoms with Crippen molar-refractivity contribution in [3.05, 3.63) is 87.5 Å². The maximum atomic E-state index is 13.7. The molecule has 2 fully saturated rings. The van der Waals surface area contributed by atoms with E-state index in [2.05, 4.69) is 16.2 Å². The number of hydrogen-bond donors (Lipinski definition) is 1. The molecule has 1 atom stereocenters. The first-order valence-corrected chi connectivity index (χ1v) is 19.7. The van der Waals surface area contributed by atoms with Gasteiger partial charge < -0.3 is 9.30 Å². The number of aromatic nitrogens is 2. The number of amides is 1. The Balaban J connectivity index is 1.43. The number of benzene rings is 2. The normalized spacial score (nSPS) is 16.9. The molecule has 0 radical (unpaired) electrons. The van der Waals surface area contributed by atoms with Gasteiger partial charge in [-0.25, -0.2) is 22.9 Å². The summed E-state index contributed by atoms with van der Waals surface area (Å²) < 4.78 is 36.0. The van der Waals surface area contributed by atoms with Gasteiger partial charge in [-0.1, -0.05) is 112 Å². The van der Waals surface area contributed by atoms with Crippen LogP contribution in [0.25, 0.3) is 6.08 Å². The minimum atomic E-state index is -4.01. The summed E-state index contributed by atoms with van der Waals surface area (Å²) in [4.78, 5) is 31.5. The van der Waals surface area contributed by atoms with E-state index in [1.54, 1.807) is 12.1 Å². The number of nitrogens with one attached hydrogen (secondary N) is 1. The molecule has 2 saturated carbocycles. The van der Waals surface area contributed by atoms with Crippen LogP contribution in [0.5, 0.6) is 0 Å². The molecule has 1 aromatic heterocycles. The van der Waals surface area contributed by atoms with Crippen molar-refractivity contribution in [2.75, 3.05) is 7.11 Å². The van der Waals surface area contributed by atoms with Crippen LogP contribution in [0, 0.1) is 18.8 Å². The van der Waals surface area contributed by atoms with Crippen LogP contribution in [0.4, 0.5) is 0 Å². The maximum Gasteiger partial charge on any atom is 0.333 e. The number of carbonyl (C=O) groups excluding carboxylic acids is 2. The van der Waals surface area contributed by atoms with Crippen molar-refractivity contribution in [2.45, 2.75) is 115 Å². The monoisotopic (exact) mass is 707 g/mol. The Hall–Kier alpha value is -3.43. The quantitative estimate of drug-likeness (QED) is 0.133. The van der Waals surface area contributed by atoms with E-state index in [0.29, 0.717) is 35.3 Å². The molecule has 5 rings (SSSR count). The van der Waals surface area contributed by atoms with E-state index in [0.717, 1.165) is 80.3 Å². The Labute approximate surface area is 296 Å². The average Bonchev–Trinajstić information content (AvgIpc) is 3.72. The lowest BCUT2D eigenvalue weighted by molar-refractivity contribution is -0.136. The number of hydrogen-bond acceptors (Lipinski definition) is 6. The van der Waals surface area contributed by atoms with Gasteiger partial charge in [0.25, 0.3) is 10.0 Å². The molecule has 3 aromatic rings. The van der Waals surface area contributed by atoms with E-state index in [1.165, 1.54) is 38.5 Å². The van der Waals surface area contributed by atoms with Gasteiger partial charge in [-0.3, -0.25) is 4.79 Å². The van der Waals surface area contributed by atoms with Crippen molar-refractivity contribution >= 4 is 39.6 Å². The maximum absolute atomic E-state index is 13.7. The number of aryl methyl sites for hydroxylation is 2. The predicted molar refractivity (Wildman–Crippen MR) is 194 cm³/mol. The zero-order valence-electron chi connectivity index (χ0n) is 29.0. The second-order valence-electron chi connectivity index (χ2n) is 13.8. The van der Waals surface area contributed by atoms with Gasteiger partial charge in [0.1, 0.15) is 5.82 Å². The van der Waals surface area contributed by atoms with Crippen LogP contribution in [0.3, 0.4) is 0 Å². The molecular weight excluding hydrogens is 658 g/mol. The molecule has 264 valence electrons. The van der Waals surface area contributed by atoms with Crippen molar-refractivity contribution < 1.29 is 22.7 Å². The average molecular weight is 708 g/mol. The Morgan fingerprint density at radius 2 is 1.65 bits per heavy atom. The molecule has 1 heterocycles. The highest BCUT2D eigenvalue weighted by atomic mass is 35.5. The smallest absolute Gasteiger partial charge is 0.333 e. The minimum absolute atomic E-state index is 0.0600. The summed E-state index contributed by atoms with van der Waals surface area (Å²) in [6.45, 7) is 4.50. The van der Waals surface area contributed by atoms with Crippen LogP contribution in [-0.4, -0.2) is 37.0 Å². The third kappa shape index (κ3) is 9.43. The third-order valence-corrected chi connectivity index (χ3v) is 11.8. The van der Waals surface area contributed by atoms with E-state index in [9.17, 15) is 18.0 Å². The summed E-state index contributed by atoms with van der Waals surface area (Å²) in [7, 11) is -2.59. The molecule has 2 aromatic carbocycles. The van der Waals surface area contributed by atoms with Gasteiger partial charge in [-0.2, -0.15) is 0 Å². The van der Waals surface area contributed by atoms with Crippen molar-refractivity contribution in [1.82, 2.24) is 14.3 Å². The van der Waals surface area contributed by atoms with Gasteiger partial charge in [-0.05, 0) is 73.8 Å². The van der Waals surface area contributed by atoms with Crippen LogP contribution >= 0.6 is 11.6 Å². The zero-order valence-corrected chi connectivity index (χ0v) is 30.6. The SMILES string of the molecule is CCCCc1nc(Cl)c(/C=C(/CC2CCCCC2)C(=O)OC)n1Cc1ccc(C(C(=O)NS(=O)(=O)c2ccc(C)cc2)C2CCCC2)cc1. The number of ether oxygens (including phenoxy) is 1. The second-order valence-corrected chi connectivity index (χ2v) is 15.9. The molecule has 0 saturated heterocycles. The molecule has 0 spiro atoms. The summed E-state index contributed by atoms with van der Waals surface area (Å²) in [5.74, 6) is -0.0595. The Morgan fingerprint density at radius 1 is 1.00 bits per heavy atom. The fraction of sp³-hybridized carbons (Fsp3) is 0.513. The number of nitrogens with zero attached hydrogens (tertiary/aromatic N) is 2. The Morgan fingerprint density at radius 3 is 2.29 bits per heavy atom. The summed E-state index contributed by atoms with van der Waals surface area (Å²) in [6.07, 6.45) is 14.8. The largest absolute Gasteiger partial charge is 0.466 e. The molecular formula is C39H50ClN3O5S. The number of rotatable bonds is 14. The third-order valence-electron chi connectivity index (χ3n) is 10.2. The van der Waals surface area contributed by atoms with Gasteiger partial charge in [0.05, 0.1) is 23.6 Å². The molecule has 1 N–H and O–H groups in total. The summed E-state index contributed by atoms with van der Waals surface area (Å²) in [6, 6.07) is 14.4. The van der Waals surface area contributed by atoms with Crippen molar-refractivity contribution in [3.8, 4) is 0 Å². The predicted octanol–water partition coefficient (Wildman–Crippen LogP) is 8.54. The first-order valence-electron chi connectivity index (χ1n) is 17.9. The van der Waals surface area contributed by atoms with E-state index in [1.807, 2.05) is 37.3 Å². The molecule has 2 aliphatic carbocycles. The van der Waals surface area contributed by atoms with Crippen LogP contribution in [0.15, 0.2) is 59.0 Å². The van der Waals surface area contributed by atoms with E-state index in [-0.39, 0.29) is 16.8 Å². The molecule has 8 nitrogen and oxygen atoms in total. The standard InChI is InChI=1S/C39H50ClN3O5S/c1-4-5-15-35-41-37(40)34(25-32(39(45)48-3)24-28-11-7-6-8-12-28)43(35)26-29-18-20-31(21-19-29)36(30-13-9-10-14-30)38(44)42-49(46,47)33-22-16-27(2)17-23-33/h16-23,25,28,30,36H,4-15,24,26H2,1-3H3,(H,42,44)/b32-25-. The molecule has 10 heteroatoms. The highest BCUT2D eigenvalue weighted by Crippen LogP contribution is 2.38. The van der Waals surface area contributed by atoms with Crippen LogP contribution in [-0.2, 0) is 37.3 Å². The van der Waals surface area contributed by atoms with Crippen LogP contribution in [0.1, 0.15) is 118 Å². The number of methoxy groups -OCH3 is 1. The molecule has 49 heavy (non-hydrogen) atoms. The van der Waals surface area contributed by atoms with Gasteiger partial charge >= 0.3 is 5.97 Å². The number of carbonyl (C=O) groups is 2. The van der Waals surface area contributed by atoms with E-state index in [4.69, 9.17) is 21.3 Å².